The summed E-state index contributed by atoms with van der Waals surface area (Å²) in [7, 11) is 1.58. The number of amides is 1. The predicted molar refractivity (Wildman–Crippen MR) is 289 cm³/mol. The van der Waals surface area contributed by atoms with Crippen LogP contribution in [-0.2, 0) is 24.1 Å². The SMILES string of the molecule is COc1ccc(C(OC[C@H]2O[C@@H](n3ccc4c(NCC(C)C)nc(OC(=O)N(c5ccccc5)c5ccccc5)nc43)C[C@@H]2OP(OCCC#N)N(C(C)C)C(C)C)(c2ccccc2)c2ccc(OC)cc2)cc1. The second kappa shape index (κ2) is 24.9. The second-order valence-electron chi connectivity index (χ2n) is 18.8. The van der Waals surface area contributed by atoms with Gasteiger partial charge >= 0.3 is 12.1 Å². The van der Waals surface area contributed by atoms with Gasteiger partial charge in [0, 0.05) is 31.2 Å². The molecule has 1 unspecified atom stereocenters. The number of para-hydroxylation sites is 2. The highest BCUT2D eigenvalue weighted by Crippen LogP contribution is 2.51. The van der Waals surface area contributed by atoms with Crippen LogP contribution >= 0.6 is 8.53 Å². The Morgan fingerprint density at radius 2 is 1.34 bits per heavy atom. The molecule has 2 aromatic heterocycles. The van der Waals surface area contributed by atoms with Crippen molar-refractivity contribution in [3.63, 3.8) is 0 Å². The zero-order chi connectivity index (χ0) is 52.2. The van der Waals surface area contributed by atoms with E-state index in [1.807, 2.05) is 144 Å². The number of fused-ring (bicyclic) bond motifs is 1. The van der Waals surface area contributed by atoms with Gasteiger partial charge in [-0.15, -0.1) is 0 Å². The Balaban J connectivity index is 1.22. The minimum atomic E-state index is -1.71. The first kappa shape index (κ1) is 53.4. The van der Waals surface area contributed by atoms with E-state index >= 15 is 0 Å². The lowest BCUT2D eigenvalue weighted by atomic mass is 9.80. The summed E-state index contributed by atoms with van der Waals surface area (Å²) in [4.78, 5) is 25.6. The van der Waals surface area contributed by atoms with Gasteiger partial charge in [0.1, 0.15) is 35.2 Å². The summed E-state index contributed by atoms with van der Waals surface area (Å²) in [5, 5.41) is 13.8. The molecule has 0 bridgehead atoms. The van der Waals surface area contributed by atoms with E-state index < -0.39 is 38.7 Å². The number of anilines is 3. The second-order valence-corrected chi connectivity index (χ2v) is 20.2. The summed E-state index contributed by atoms with van der Waals surface area (Å²) in [6, 6.07) is 48.7. The number of hydrogen-bond acceptors (Lipinski definition) is 13. The molecule has 0 aliphatic carbocycles. The van der Waals surface area contributed by atoms with Gasteiger partial charge in [-0.05, 0) is 105 Å². The standard InChI is InChI=1S/C58H66N7O8P/c1-40(2)38-60-54-50-33-35-63(55(50)62-56(61-54)72-57(66)64(46-21-14-10-15-22-46)47-23-16-11-17-24-47)53-37-51(73-74(70-36-18-34-59)65(41(3)4)42(5)6)52(71-53)39-69-58(43-19-12-9-13-20-43,44-25-29-48(67-7)30-26-44)45-27-31-49(68-8)32-28-45/h9-17,19-33,35,40-42,51-53H,18,36-39H2,1-8H3,(H,60,61,62)/t51-,52+,53+,74?/m0/s1. The minimum Gasteiger partial charge on any atom is -0.497 e. The molecule has 386 valence electrons. The van der Waals surface area contributed by atoms with Crippen molar-refractivity contribution >= 4 is 42.8 Å². The number of nitrogens with one attached hydrogen (secondary N) is 1. The highest BCUT2D eigenvalue weighted by atomic mass is 31.2. The molecule has 3 heterocycles. The summed E-state index contributed by atoms with van der Waals surface area (Å²) >= 11 is 0. The van der Waals surface area contributed by atoms with Crippen molar-refractivity contribution in [2.45, 2.75) is 90.5 Å². The van der Waals surface area contributed by atoms with Crippen molar-refractivity contribution in [3.05, 3.63) is 168 Å². The van der Waals surface area contributed by atoms with E-state index in [-0.39, 0.29) is 43.6 Å². The molecular weight excluding hydrogens is 954 g/mol. The van der Waals surface area contributed by atoms with Crippen molar-refractivity contribution in [1.29, 1.82) is 5.26 Å². The van der Waals surface area contributed by atoms with E-state index in [1.165, 1.54) is 4.90 Å². The van der Waals surface area contributed by atoms with Crippen LogP contribution in [0.2, 0.25) is 0 Å². The molecule has 0 radical (unpaired) electrons. The van der Waals surface area contributed by atoms with Gasteiger partial charge in [0.15, 0.2) is 5.65 Å². The fourth-order valence-corrected chi connectivity index (χ4v) is 10.9. The Labute approximate surface area is 435 Å². The number of ether oxygens (including phenoxy) is 5. The predicted octanol–water partition coefficient (Wildman–Crippen LogP) is 12.8. The summed E-state index contributed by atoms with van der Waals surface area (Å²) < 4.78 is 49.9. The Bertz CT molecular complexity index is 2830. The van der Waals surface area contributed by atoms with Crippen LogP contribution in [0.25, 0.3) is 11.0 Å². The number of nitriles is 1. The summed E-state index contributed by atoms with van der Waals surface area (Å²) in [6.45, 7) is 13.5. The third kappa shape index (κ3) is 12.2. The van der Waals surface area contributed by atoms with Crippen LogP contribution < -0.4 is 24.4 Å². The smallest absolute Gasteiger partial charge is 0.426 e. The van der Waals surface area contributed by atoms with Crippen molar-refractivity contribution < 1.29 is 37.5 Å². The van der Waals surface area contributed by atoms with E-state index in [2.05, 4.69) is 69.7 Å². The number of rotatable bonds is 23. The molecule has 8 rings (SSSR count). The quantitative estimate of drug-likeness (QED) is 0.0367. The van der Waals surface area contributed by atoms with Crippen molar-refractivity contribution in [2.75, 3.05) is 44.2 Å². The first-order valence-corrected chi connectivity index (χ1v) is 26.2. The third-order valence-corrected chi connectivity index (χ3v) is 14.8. The molecular formula is C58H66N7O8P. The first-order valence-electron chi connectivity index (χ1n) is 25.1. The highest BCUT2D eigenvalue weighted by molar-refractivity contribution is 7.44. The highest BCUT2D eigenvalue weighted by Gasteiger charge is 2.45. The molecule has 16 heteroatoms. The number of nitrogens with zero attached hydrogens (tertiary/aromatic N) is 6. The van der Waals surface area contributed by atoms with Gasteiger partial charge in [0.05, 0.1) is 62.8 Å². The Morgan fingerprint density at radius 3 is 1.86 bits per heavy atom. The lowest BCUT2D eigenvalue weighted by Crippen LogP contribution is -2.39. The molecule has 74 heavy (non-hydrogen) atoms. The maximum absolute atomic E-state index is 14.4. The Hall–Kier alpha value is -6.89. The Morgan fingerprint density at radius 1 is 0.784 bits per heavy atom. The normalized spacial score (nSPS) is 16.2. The van der Waals surface area contributed by atoms with E-state index in [0.717, 1.165) is 16.7 Å². The molecule has 15 nitrogen and oxygen atoms in total. The summed E-state index contributed by atoms with van der Waals surface area (Å²) in [5.74, 6) is 2.20. The lowest BCUT2D eigenvalue weighted by molar-refractivity contribution is -0.0911. The van der Waals surface area contributed by atoms with Crippen LogP contribution in [0.3, 0.4) is 0 Å². The minimum absolute atomic E-state index is 0.0505. The molecule has 1 N–H and O–H groups in total. The maximum atomic E-state index is 14.4. The molecule has 7 aromatic rings. The van der Waals surface area contributed by atoms with E-state index in [0.29, 0.717) is 52.7 Å². The van der Waals surface area contributed by atoms with Gasteiger partial charge < -0.3 is 42.6 Å². The maximum Gasteiger partial charge on any atom is 0.426 e. The molecule has 5 aromatic carbocycles. The number of aromatic nitrogens is 3. The van der Waals surface area contributed by atoms with Crippen molar-refractivity contribution in [2.24, 2.45) is 5.92 Å². The third-order valence-electron chi connectivity index (χ3n) is 12.6. The van der Waals surface area contributed by atoms with E-state index in [9.17, 15) is 10.1 Å². The van der Waals surface area contributed by atoms with Crippen molar-refractivity contribution in [3.8, 4) is 23.6 Å². The largest absolute Gasteiger partial charge is 0.497 e. The number of carbonyl (C=O) groups excluding carboxylic acids is 1. The van der Waals surface area contributed by atoms with Gasteiger partial charge in [-0.3, -0.25) is 0 Å². The summed E-state index contributed by atoms with van der Waals surface area (Å²) in [6.07, 6.45) is -0.119. The molecule has 4 atom stereocenters. The number of hydrogen-bond donors (Lipinski definition) is 1. The topological polar surface area (TPSA) is 155 Å². The van der Waals surface area contributed by atoms with Crippen LogP contribution in [0.5, 0.6) is 17.5 Å². The Kier molecular flexibility index (Phi) is 18.0. The number of benzene rings is 5. The number of carbonyl (C=O) groups is 1. The molecule has 1 saturated heterocycles. The lowest BCUT2D eigenvalue weighted by Gasteiger charge is -2.39. The van der Waals surface area contributed by atoms with Crippen LogP contribution in [0.15, 0.2) is 152 Å². The van der Waals surface area contributed by atoms with Gasteiger partial charge in [0.25, 0.3) is 8.53 Å². The molecule has 1 fully saturated rings. The van der Waals surface area contributed by atoms with E-state index in [1.54, 1.807) is 14.2 Å². The molecule has 0 saturated carbocycles. The van der Waals surface area contributed by atoms with Crippen LogP contribution in [0.4, 0.5) is 22.0 Å². The fourth-order valence-electron chi connectivity index (χ4n) is 9.19. The molecule has 1 aliphatic rings. The van der Waals surface area contributed by atoms with Gasteiger partial charge in [-0.25, -0.2) is 14.4 Å². The zero-order valence-electron chi connectivity index (χ0n) is 43.3. The van der Waals surface area contributed by atoms with Crippen LogP contribution in [0.1, 0.15) is 77.3 Å². The molecule has 1 amide bonds. The van der Waals surface area contributed by atoms with Crippen LogP contribution in [-0.4, -0.2) is 83.6 Å². The van der Waals surface area contributed by atoms with E-state index in [4.69, 9.17) is 42.7 Å². The fraction of sp³-hybridized carbons (Fsp3) is 0.345. The molecule has 1 aliphatic heterocycles. The van der Waals surface area contributed by atoms with Gasteiger partial charge in [0.2, 0.25) is 0 Å². The van der Waals surface area contributed by atoms with Gasteiger partial charge in [-0.1, -0.05) is 105 Å². The average Bonchev–Trinajstić information content (AvgIpc) is 4.03. The first-order chi connectivity index (χ1) is 35.9. The number of methoxy groups -OCH3 is 2. The monoisotopic (exact) mass is 1020 g/mol. The van der Waals surface area contributed by atoms with Crippen LogP contribution in [0, 0.1) is 17.2 Å². The van der Waals surface area contributed by atoms with Crippen molar-refractivity contribution in [1.82, 2.24) is 19.2 Å². The molecule has 0 spiro atoms. The average molecular weight is 1020 g/mol. The summed E-state index contributed by atoms with van der Waals surface area (Å²) in [5.41, 5.74) is 3.19. The zero-order valence-corrected chi connectivity index (χ0v) is 44.2. The van der Waals surface area contributed by atoms with Gasteiger partial charge in [-0.2, -0.15) is 15.2 Å².